The highest BCUT2D eigenvalue weighted by Gasteiger charge is 2.47. The Kier molecular flexibility index (Phi) is 65.2. The van der Waals surface area contributed by atoms with Crippen molar-refractivity contribution in [3.05, 3.63) is 70.8 Å². The van der Waals surface area contributed by atoms with Gasteiger partial charge in [-0.3, -0.25) is 33.7 Å². The molecule has 0 saturated carbocycles. The Morgan fingerprint density at radius 1 is 0.416 bits per heavy atom. The van der Waals surface area contributed by atoms with Crippen LogP contribution in [0.4, 0.5) is 0 Å². The number of esters is 1. The number of carbonyl (C=O) groups excluding carboxylic acids is 6. The van der Waals surface area contributed by atoms with Crippen LogP contribution in [0.3, 0.4) is 0 Å². The summed E-state index contributed by atoms with van der Waals surface area (Å²) in [6.45, 7) is 23.5. The highest BCUT2D eigenvalue weighted by Crippen LogP contribution is 2.32. The van der Waals surface area contributed by atoms with Gasteiger partial charge in [-0.05, 0) is 60.1 Å². The van der Waals surface area contributed by atoms with Crippen molar-refractivity contribution in [1.82, 2.24) is 10.2 Å². The number of aryl methyl sites for hydroxylation is 1. The molecule has 0 aliphatic carbocycles. The molecule has 5 N–H and O–H groups in total. The van der Waals surface area contributed by atoms with Crippen molar-refractivity contribution in [1.29, 1.82) is 0 Å². The number of carbonyl (C=O) groups is 7. The molecule has 0 radical (unpaired) electrons. The summed E-state index contributed by atoms with van der Waals surface area (Å²) in [4.78, 5) is 94.3. The van der Waals surface area contributed by atoms with E-state index in [0.29, 0.717) is 272 Å². The number of carboxylic acid groups (broad SMARTS) is 1. The molecule has 8 atom stereocenters. The van der Waals surface area contributed by atoms with Gasteiger partial charge in [0.2, 0.25) is 5.91 Å². The smallest absolute Gasteiger partial charge is 0.335 e. The maximum atomic E-state index is 14.8. The van der Waals surface area contributed by atoms with Crippen molar-refractivity contribution >= 4 is 41.2 Å². The molecule has 2 heterocycles. The fraction of sp³-hybridized carbons (Fsp3) is 0.756. The van der Waals surface area contributed by atoms with E-state index >= 15 is 0 Å². The van der Waals surface area contributed by atoms with E-state index in [2.05, 4.69) is 5.32 Å². The molecule has 125 heavy (non-hydrogen) atoms. The van der Waals surface area contributed by atoms with E-state index in [1.165, 1.54) is 13.8 Å². The van der Waals surface area contributed by atoms with Crippen LogP contribution in [-0.2, 0) is 173 Å². The molecular formula is C86H140N2O37. The molecule has 1 saturated heterocycles. The number of aliphatic hydroxyl groups is 3. The van der Waals surface area contributed by atoms with E-state index in [0.717, 1.165) is 17.1 Å². The highest BCUT2D eigenvalue weighted by atomic mass is 16.6. The van der Waals surface area contributed by atoms with E-state index < -0.39 is 102 Å². The van der Waals surface area contributed by atoms with Crippen molar-refractivity contribution in [2.24, 2.45) is 11.8 Å². The molecule has 0 aromatic heterocycles. The Bertz CT molecular complexity index is 3160. The molecule has 39 nitrogen and oxygen atoms in total. The first-order valence-corrected chi connectivity index (χ1v) is 42.8. The molecule has 1 unspecified atom stereocenters. The maximum absolute atomic E-state index is 14.8. The number of hydrogen-bond donors (Lipinski definition) is 5. The number of hydrogen-bond acceptors (Lipinski definition) is 36. The van der Waals surface area contributed by atoms with Crippen LogP contribution in [0.1, 0.15) is 62.8 Å². The fourth-order valence-corrected chi connectivity index (χ4v) is 11.8. The number of aliphatic hydroxyl groups excluding tert-OH is 3. The SMILES string of the molecule is COCCOCCOCCOCCOCCOCCOCCOCCOCCOCCOCCOc1ccc(C[C@@H](C(=O)C[C@H](C(=O)NC(C)C(=O)Cc2ccc(COC(C)=O)c(CC[C@@H]3O[C@H](C(=O)O)[C@@H](O)[C@H](O)[C@H]3O)c2)C(C)C)N2C(=O)C=CC2=O)cc1OCCOCCOCCOCCOCCOCCOCCOCCOCCOCCOCCOC. The minimum Gasteiger partial charge on any atom is -0.487 e. The van der Waals surface area contributed by atoms with E-state index in [1.807, 2.05) is 0 Å². The second kappa shape index (κ2) is 73.4. The number of aliphatic carboxylic acids is 1. The molecule has 0 spiro atoms. The lowest BCUT2D eigenvalue weighted by molar-refractivity contribution is -0.228. The summed E-state index contributed by atoms with van der Waals surface area (Å²) >= 11 is 0. The van der Waals surface area contributed by atoms with Crippen molar-refractivity contribution in [3.8, 4) is 11.5 Å². The van der Waals surface area contributed by atoms with E-state index in [4.69, 9.17) is 123 Å². The zero-order valence-corrected chi connectivity index (χ0v) is 73.9. The zero-order chi connectivity index (χ0) is 90.4. The lowest BCUT2D eigenvalue weighted by Crippen LogP contribution is -2.59. The Morgan fingerprint density at radius 2 is 0.760 bits per heavy atom. The van der Waals surface area contributed by atoms with Gasteiger partial charge in [-0.2, -0.15) is 0 Å². The van der Waals surface area contributed by atoms with Crippen LogP contribution < -0.4 is 14.8 Å². The van der Waals surface area contributed by atoms with Crippen LogP contribution in [0.5, 0.6) is 11.5 Å². The summed E-state index contributed by atoms with van der Waals surface area (Å²) in [6, 6.07) is 7.40. The molecule has 3 amide bonds. The molecule has 716 valence electrons. The number of amides is 3. The lowest BCUT2D eigenvalue weighted by Gasteiger charge is -2.39. The number of ether oxygens (including phenoxy) is 26. The van der Waals surface area contributed by atoms with Crippen LogP contribution in [-0.4, -0.2) is 414 Å². The zero-order valence-electron chi connectivity index (χ0n) is 73.9. The summed E-state index contributed by atoms with van der Waals surface area (Å²) in [6.07, 6.45) is -6.99. The molecule has 2 aliphatic rings. The minimum absolute atomic E-state index is 0.0439. The summed E-state index contributed by atoms with van der Waals surface area (Å²) in [7, 11) is 3.25. The highest BCUT2D eigenvalue weighted by molar-refractivity contribution is 6.15. The fourth-order valence-electron chi connectivity index (χ4n) is 11.8. The molecule has 4 rings (SSSR count). The first kappa shape index (κ1) is 111. The number of carboxylic acids is 1. The van der Waals surface area contributed by atoms with Gasteiger partial charge < -0.3 is 149 Å². The third kappa shape index (κ3) is 52.8. The molecule has 2 aliphatic heterocycles. The van der Waals surface area contributed by atoms with Crippen molar-refractivity contribution in [3.63, 3.8) is 0 Å². The van der Waals surface area contributed by atoms with E-state index in [-0.39, 0.29) is 84.3 Å². The van der Waals surface area contributed by atoms with Crippen LogP contribution >= 0.6 is 0 Å². The Labute approximate surface area is 733 Å². The Morgan fingerprint density at radius 3 is 1.10 bits per heavy atom. The number of imide groups is 1. The Hall–Kier alpha value is -6.37. The summed E-state index contributed by atoms with van der Waals surface area (Å²) < 4.78 is 144. The van der Waals surface area contributed by atoms with Gasteiger partial charge in [0.25, 0.3) is 11.8 Å². The first-order chi connectivity index (χ1) is 60.9. The van der Waals surface area contributed by atoms with Crippen LogP contribution in [0.15, 0.2) is 48.6 Å². The predicted molar refractivity (Wildman–Crippen MR) is 445 cm³/mol. The van der Waals surface area contributed by atoms with Crippen LogP contribution in [0, 0.1) is 11.8 Å². The molecule has 1 fully saturated rings. The van der Waals surface area contributed by atoms with E-state index in [9.17, 15) is 54.0 Å². The number of methoxy groups -OCH3 is 2. The third-order valence-electron chi connectivity index (χ3n) is 18.6. The summed E-state index contributed by atoms with van der Waals surface area (Å²) in [5.74, 6) is -6.17. The monoisotopic (exact) mass is 1790 g/mol. The number of nitrogens with zero attached hydrogens (tertiary/aromatic N) is 1. The summed E-state index contributed by atoms with van der Waals surface area (Å²) in [5, 5.41) is 43.7. The average molecular weight is 1790 g/mol. The third-order valence-corrected chi connectivity index (χ3v) is 18.6. The second-order valence-corrected chi connectivity index (χ2v) is 28.5. The van der Waals surface area contributed by atoms with Gasteiger partial charge in [0, 0.05) is 58.5 Å². The average Bonchev–Trinajstić information content (AvgIpc) is 1.79. The number of rotatable bonds is 86. The largest absolute Gasteiger partial charge is 0.487 e. The Balaban J connectivity index is 1.21. The van der Waals surface area contributed by atoms with Crippen molar-refractivity contribution in [2.45, 2.75) is 109 Å². The number of ketones is 2. The predicted octanol–water partition coefficient (Wildman–Crippen LogP) is 1.38. The standard InChI is InChI=1S/C86H140N2O37/c1-65(2)72(85(97)87-66(3)74(90)61-68-7-9-71(64-124-67(4)89)70(59-68)10-12-77-81(94)82(95)83(96)84(125-77)86(98)99)63-75(91)73(88-79(92)13-14-80(88)93)60-69-8-11-76(122-57-55-120-53-51-118-49-47-116-45-43-114-41-39-112-37-35-110-33-31-108-29-27-106-25-23-104-21-19-102-17-15-100-5)78(62-69)123-58-56-121-54-52-119-50-48-117-46-44-115-42-40-113-38-36-111-34-32-109-30-28-107-26-24-105-22-20-103-18-16-101-6/h7-9,11,13-14,59,62,65-66,72-73,77,81-84,94-96H,10,12,15-58,60-61,63-64H2,1-6H3,(H,87,97)(H,98,99)/t66?,72-,73-,77-,81-,82+,83-,84-/m0/s1. The van der Waals surface area contributed by atoms with Gasteiger partial charge >= 0.3 is 11.9 Å². The van der Waals surface area contributed by atoms with Gasteiger partial charge in [0.15, 0.2) is 29.2 Å². The van der Waals surface area contributed by atoms with Crippen LogP contribution in [0.25, 0.3) is 0 Å². The van der Waals surface area contributed by atoms with Gasteiger partial charge in [-0.1, -0.05) is 38.1 Å². The minimum atomic E-state index is -1.88. The van der Waals surface area contributed by atoms with Gasteiger partial charge in [0.1, 0.15) is 44.2 Å². The molecule has 2 aromatic carbocycles. The molecule has 0 bridgehead atoms. The summed E-state index contributed by atoms with van der Waals surface area (Å²) in [5.41, 5.74) is 2.02. The molecular weight excluding hydrogens is 1650 g/mol. The molecule has 39 heteroatoms. The maximum Gasteiger partial charge on any atom is 0.335 e. The van der Waals surface area contributed by atoms with E-state index in [1.54, 1.807) is 64.5 Å². The second-order valence-electron chi connectivity index (χ2n) is 28.5. The van der Waals surface area contributed by atoms with Gasteiger partial charge in [0.05, 0.1) is 290 Å². The van der Waals surface area contributed by atoms with Crippen LogP contribution in [0.2, 0.25) is 0 Å². The number of benzene rings is 2. The lowest BCUT2D eigenvalue weighted by atomic mass is 9.86. The van der Waals surface area contributed by atoms with Crippen molar-refractivity contribution in [2.75, 3.05) is 305 Å². The number of Topliss-reactive ketones (excluding diaryl/α,β-unsaturated/α-hetero) is 2. The molecule has 2 aromatic rings. The topological polar surface area (TPSA) is 456 Å². The quantitative estimate of drug-likeness (QED) is 0.0355. The first-order valence-electron chi connectivity index (χ1n) is 42.8. The van der Waals surface area contributed by atoms with Gasteiger partial charge in [-0.15, -0.1) is 0 Å². The van der Waals surface area contributed by atoms with Gasteiger partial charge in [-0.25, -0.2) is 4.79 Å². The van der Waals surface area contributed by atoms with Crippen molar-refractivity contribution < 1.29 is 177 Å². The normalized spacial score (nSPS) is 16.6. The number of nitrogens with one attached hydrogen (secondary N) is 1.